The second-order valence-corrected chi connectivity index (χ2v) is 4.02. The molecule has 0 radical (unpaired) electrons. The number of carbonyl (C=O) groups is 2. The zero-order valence-corrected chi connectivity index (χ0v) is 8.78. The van der Waals surface area contributed by atoms with E-state index in [1.165, 1.54) is 0 Å². The van der Waals surface area contributed by atoms with Crippen LogP contribution in [0.2, 0.25) is 0 Å². The van der Waals surface area contributed by atoms with Crippen molar-refractivity contribution < 1.29 is 14.3 Å². The largest absolute Gasteiger partial charge is 0.457 e. The van der Waals surface area contributed by atoms with Crippen molar-refractivity contribution in [3.8, 4) is 0 Å². The lowest BCUT2D eigenvalue weighted by molar-refractivity contribution is -0.107. The second-order valence-electron chi connectivity index (χ2n) is 3.03. The van der Waals surface area contributed by atoms with Crippen LogP contribution in [0, 0.1) is 0 Å². The van der Waals surface area contributed by atoms with Crippen LogP contribution in [0.5, 0.6) is 0 Å². The highest BCUT2D eigenvalue weighted by atomic mass is 79.9. The Morgan fingerprint density at radius 3 is 3.00 bits per heavy atom. The number of carbonyl (C=O) groups excluding carboxylic acids is 2. The molecule has 1 unspecified atom stereocenters. The number of esters is 1. The number of fused-ring (bicyclic) bond motifs is 1. The molecule has 1 atom stereocenters. The first-order chi connectivity index (χ1) is 6.72. The summed E-state index contributed by atoms with van der Waals surface area (Å²) in [6.45, 7) is 0.306. The number of ether oxygens (including phenoxy) is 1. The van der Waals surface area contributed by atoms with Crippen LogP contribution < -0.4 is 0 Å². The molecule has 1 heterocycles. The van der Waals surface area contributed by atoms with Crippen LogP contribution in [0.4, 0.5) is 0 Å². The van der Waals surface area contributed by atoms with E-state index in [2.05, 4.69) is 15.9 Å². The molecule has 0 fully saturated rings. The molecule has 2 rings (SSSR count). The maximum atomic E-state index is 11.1. The molecule has 0 bridgehead atoms. The molecule has 0 amide bonds. The van der Waals surface area contributed by atoms with Crippen molar-refractivity contribution in [1.82, 2.24) is 0 Å². The molecule has 0 saturated carbocycles. The van der Waals surface area contributed by atoms with Crippen LogP contribution in [0.15, 0.2) is 18.2 Å². The molecule has 4 heteroatoms. The molecule has 1 aliphatic heterocycles. The first-order valence-corrected chi connectivity index (χ1v) is 5.03. The van der Waals surface area contributed by atoms with E-state index < -0.39 is 0 Å². The maximum absolute atomic E-state index is 11.1. The molecule has 1 aromatic rings. The van der Waals surface area contributed by atoms with E-state index in [-0.39, 0.29) is 10.8 Å². The predicted molar refractivity (Wildman–Crippen MR) is 53.3 cm³/mol. The van der Waals surface area contributed by atoms with E-state index in [1.807, 2.05) is 6.07 Å². The van der Waals surface area contributed by atoms with Crippen LogP contribution in [0.25, 0.3) is 0 Å². The minimum Gasteiger partial charge on any atom is -0.457 e. The number of rotatable bonds is 2. The van der Waals surface area contributed by atoms with Gasteiger partial charge in [-0.05, 0) is 17.7 Å². The van der Waals surface area contributed by atoms with E-state index in [0.717, 1.165) is 17.4 Å². The summed E-state index contributed by atoms with van der Waals surface area (Å²) < 4.78 is 4.85. The van der Waals surface area contributed by atoms with E-state index in [4.69, 9.17) is 4.74 Å². The van der Waals surface area contributed by atoms with Crippen molar-refractivity contribution in [2.75, 3.05) is 0 Å². The quantitative estimate of drug-likeness (QED) is 0.461. The van der Waals surface area contributed by atoms with E-state index in [1.54, 1.807) is 12.1 Å². The average Bonchev–Trinajstić information content (AvgIpc) is 2.59. The third kappa shape index (κ3) is 1.46. The first-order valence-electron chi connectivity index (χ1n) is 4.11. The summed E-state index contributed by atoms with van der Waals surface area (Å²) in [5.74, 6) is -0.288. The Bertz CT molecular complexity index is 400. The number of hydrogen-bond donors (Lipinski definition) is 0. The minimum atomic E-state index is -0.316. The standard InChI is InChI=1S/C10H7BrO3/c11-9(4-12)6-1-2-8-7(3-6)5-14-10(8)13/h1-4,9H,5H2. The van der Waals surface area contributed by atoms with Crippen molar-refractivity contribution >= 4 is 28.2 Å². The van der Waals surface area contributed by atoms with Crippen molar-refractivity contribution in [2.24, 2.45) is 0 Å². The SMILES string of the molecule is O=CC(Br)c1ccc2c(c1)COC2=O. The van der Waals surface area contributed by atoms with Gasteiger partial charge in [0.15, 0.2) is 0 Å². The zero-order valence-electron chi connectivity index (χ0n) is 7.20. The molecule has 0 aliphatic carbocycles. The Kier molecular flexibility index (Phi) is 2.37. The fourth-order valence-corrected chi connectivity index (χ4v) is 1.69. The number of cyclic esters (lactones) is 1. The normalized spacial score (nSPS) is 15.9. The molecule has 0 saturated heterocycles. The Hall–Kier alpha value is -1.16. The molecular formula is C10H7BrO3. The highest BCUT2D eigenvalue weighted by Gasteiger charge is 2.21. The molecule has 0 aromatic heterocycles. The number of hydrogen-bond acceptors (Lipinski definition) is 3. The molecule has 1 aromatic carbocycles. The lowest BCUT2D eigenvalue weighted by Gasteiger charge is -2.03. The monoisotopic (exact) mass is 254 g/mol. The van der Waals surface area contributed by atoms with E-state index in [9.17, 15) is 9.59 Å². The molecule has 1 aliphatic rings. The van der Waals surface area contributed by atoms with Gasteiger partial charge in [0.25, 0.3) is 0 Å². The summed E-state index contributed by atoms with van der Waals surface area (Å²) in [7, 11) is 0. The number of benzene rings is 1. The number of halogens is 1. The Labute approximate surface area is 89.2 Å². The van der Waals surface area contributed by atoms with Gasteiger partial charge in [-0.15, -0.1) is 0 Å². The summed E-state index contributed by atoms with van der Waals surface area (Å²) in [5.41, 5.74) is 2.29. The summed E-state index contributed by atoms with van der Waals surface area (Å²) in [6, 6.07) is 5.26. The molecule has 0 spiro atoms. The van der Waals surface area contributed by atoms with Gasteiger partial charge in [0, 0.05) is 5.56 Å². The fraction of sp³-hybridized carbons (Fsp3) is 0.200. The topological polar surface area (TPSA) is 43.4 Å². The van der Waals surface area contributed by atoms with Gasteiger partial charge in [0.05, 0.1) is 10.4 Å². The number of aldehydes is 1. The van der Waals surface area contributed by atoms with Gasteiger partial charge in [-0.2, -0.15) is 0 Å². The second kappa shape index (κ2) is 3.53. The molecule has 72 valence electrons. The molecular weight excluding hydrogens is 248 g/mol. The van der Waals surface area contributed by atoms with Crippen LogP contribution in [0.3, 0.4) is 0 Å². The Morgan fingerprint density at radius 2 is 2.29 bits per heavy atom. The van der Waals surface area contributed by atoms with Gasteiger partial charge in [-0.3, -0.25) is 0 Å². The van der Waals surface area contributed by atoms with Gasteiger partial charge in [-0.25, -0.2) is 4.79 Å². The van der Waals surface area contributed by atoms with Gasteiger partial charge in [0.1, 0.15) is 12.9 Å². The zero-order chi connectivity index (χ0) is 10.1. The van der Waals surface area contributed by atoms with Gasteiger partial charge >= 0.3 is 5.97 Å². The maximum Gasteiger partial charge on any atom is 0.338 e. The van der Waals surface area contributed by atoms with Crippen molar-refractivity contribution in [3.63, 3.8) is 0 Å². The number of alkyl halides is 1. The van der Waals surface area contributed by atoms with Gasteiger partial charge < -0.3 is 9.53 Å². The van der Waals surface area contributed by atoms with Crippen molar-refractivity contribution in [2.45, 2.75) is 11.4 Å². The fourth-order valence-electron chi connectivity index (χ4n) is 1.40. The summed E-state index contributed by atoms with van der Waals surface area (Å²) in [5, 5.41) is 0. The lowest BCUT2D eigenvalue weighted by atomic mass is 10.0. The predicted octanol–water partition coefficient (Wildman–Crippen LogP) is 1.99. The Morgan fingerprint density at radius 1 is 1.50 bits per heavy atom. The highest BCUT2D eigenvalue weighted by Crippen LogP contribution is 2.26. The van der Waals surface area contributed by atoms with Crippen LogP contribution in [0.1, 0.15) is 26.3 Å². The van der Waals surface area contributed by atoms with Gasteiger partial charge in [-0.1, -0.05) is 22.0 Å². The molecule has 14 heavy (non-hydrogen) atoms. The van der Waals surface area contributed by atoms with Crippen LogP contribution in [-0.2, 0) is 16.1 Å². The van der Waals surface area contributed by atoms with E-state index in [0.29, 0.717) is 12.2 Å². The van der Waals surface area contributed by atoms with Crippen LogP contribution >= 0.6 is 15.9 Å². The third-order valence-corrected chi connectivity index (χ3v) is 2.89. The molecule has 0 N–H and O–H groups in total. The Balaban J connectivity index is 2.41. The minimum absolute atomic E-state index is 0.288. The first kappa shape index (κ1) is 9.40. The van der Waals surface area contributed by atoms with Crippen molar-refractivity contribution in [1.29, 1.82) is 0 Å². The molecule has 3 nitrogen and oxygen atoms in total. The van der Waals surface area contributed by atoms with Crippen LogP contribution in [-0.4, -0.2) is 12.3 Å². The van der Waals surface area contributed by atoms with Gasteiger partial charge in [0.2, 0.25) is 0 Å². The third-order valence-electron chi connectivity index (χ3n) is 2.15. The van der Waals surface area contributed by atoms with E-state index >= 15 is 0 Å². The van der Waals surface area contributed by atoms with Crippen molar-refractivity contribution in [3.05, 3.63) is 34.9 Å². The lowest BCUT2D eigenvalue weighted by Crippen LogP contribution is -1.95. The average molecular weight is 255 g/mol. The summed E-state index contributed by atoms with van der Waals surface area (Å²) >= 11 is 3.21. The summed E-state index contributed by atoms with van der Waals surface area (Å²) in [6.07, 6.45) is 0.805. The summed E-state index contributed by atoms with van der Waals surface area (Å²) in [4.78, 5) is 21.3. The highest BCUT2D eigenvalue weighted by molar-refractivity contribution is 9.09. The smallest absolute Gasteiger partial charge is 0.338 e.